The van der Waals surface area contributed by atoms with Crippen molar-refractivity contribution in [3.63, 3.8) is 0 Å². The van der Waals surface area contributed by atoms with Gasteiger partial charge in [0.1, 0.15) is 0 Å². The number of aromatic nitrogens is 1. The average molecular weight is 295 g/mol. The van der Waals surface area contributed by atoms with Gasteiger partial charge in [0.15, 0.2) is 5.75 Å². The summed E-state index contributed by atoms with van der Waals surface area (Å²) in [5.74, 6) is -0.188. The van der Waals surface area contributed by atoms with Crippen LogP contribution in [0.1, 0.15) is 25.2 Å². The third-order valence-electron chi connectivity index (χ3n) is 4.24. The second kappa shape index (κ2) is 7.06. The minimum Gasteiger partial charge on any atom is -0.503 e. The average Bonchev–Trinajstić information content (AvgIpc) is 2.52. The number of aliphatic hydroxyl groups is 1. The quantitative estimate of drug-likeness (QED) is 0.812. The number of pyridine rings is 1. The summed E-state index contributed by atoms with van der Waals surface area (Å²) in [5.41, 5.74) is 0.757. The van der Waals surface area contributed by atoms with Crippen LogP contribution in [-0.4, -0.2) is 57.3 Å². The van der Waals surface area contributed by atoms with Crippen molar-refractivity contribution >= 4 is 0 Å². The normalized spacial score (nSPS) is 17.3. The van der Waals surface area contributed by atoms with Crippen molar-refractivity contribution in [2.24, 2.45) is 0 Å². The molecule has 1 aliphatic rings. The maximum absolute atomic E-state index is 11.8. The first-order valence-electron chi connectivity index (χ1n) is 7.60. The molecule has 21 heavy (non-hydrogen) atoms. The SMILES string of the molecule is CCN1CCN(Cc2c(O)c(=O)cc(CO)n2CC)CC1. The van der Waals surface area contributed by atoms with E-state index in [9.17, 15) is 15.0 Å². The standard InChI is InChI=1S/C15H25N3O3/c1-3-16-5-7-17(8-6-16)10-13-15(21)14(20)9-12(11-19)18(13)4-2/h9,19,21H,3-8,10-11H2,1-2H3. The van der Waals surface area contributed by atoms with Gasteiger partial charge in [0.05, 0.1) is 12.3 Å². The van der Waals surface area contributed by atoms with Crippen LogP contribution in [0.5, 0.6) is 5.75 Å². The van der Waals surface area contributed by atoms with E-state index in [1.807, 2.05) is 11.5 Å². The molecule has 1 fully saturated rings. The van der Waals surface area contributed by atoms with Crippen molar-refractivity contribution in [2.45, 2.75) is 33.5 Å². The molecule has 0 spiro atoms. The van der Waals surface area contributed by atoms with Gasteiger partial charge in [-0.1, -0.05) is 6.92 Å². The largest absolute Gasteiger partial charge is 0.503 e. The topological polar surface area (TPSA) is 68.9 Å². The van der Waals surface area contributed by atoms with E-state index in [2.05, 4.69) is 16.7 Å². The predicted molar refractivity (Wildman–Crippen MR) is 81.4 cm³/mol. The Morgan fingerprint density at radius 3 is 2.24 bits per heavy atom. The first kappa shape index (κ1) is 16.0. The molecule has 0 aromatic carbocycles. The van der Waals surface area contributed by atoms with E-state index in [0.29, 0.717) is 24.5 Å². The van der Waals surface area contributed by atoms with E-state index >= 15 is 0 Å². The number of aromatic hydroxyl groups is 1. The number of piperazine rings is 1. The van der Waals surface area contributed by atoms with Crippen molar-refractivity contribution in [3.8, 4) is 5.75 Å². The molecule has 0 atom stereocenters. The summed E-state index contributed by atoms with van der Waals surface area (Å²) in [6.45, 7) is 9.99. The molecule has 2 rings (SSSR count). The van der Waals surface area contributed by atoms with Crippen LogP contribution in [0.2, 0.25) is 0 Å². The van der Waals surface area contributed by atoms with Gasteiger partial charge >= 0.3 is 0 Å². The van der Waals surface area contributed by atoms with Crippen LogP contribution in [0.25, 0.3) is 0 Å². The lowest BCUT2D eigenvalue weighted by molar-refractivity contribution is 0.128. The van der Waals surface area contributed by atoms with Gasteiger partial charge in [-0.15, -0.1) is 0 Å². The van der Waals surface area contributed by atoms with Gasteiger partial charge in [-0.3, -0.25) is 9.69 Å². The third kappa shape index (κ3) is 3.45. The van der Waals surface area contributed by atoms with Gasteiger partial charge in [0, 0.05) is 51.0 Å². The molecular formula is C15H25N3O3. The zero-order valence-electron chi connectivity index (χ0n) is 12.9. The molecular weight excluding hydrogens is 270 g/mol. The Labute approximate surface area is 125 Å². The molecule has 0 radical (unpaired) electrons. The molecule has 1 saturated heterocycles. The third-order valence-corrected chi connectivity index (χ3v) is 4.24. The van der Waals surface area contributed by atoms with Crippen molar-refractivity contribution in [2.75, 3.05) is 32.7 Å². The van der Waals surface area contributed by atoms with Gasteiger partial charge < -0.3 is 19.7 Å². The van der Waals surface area contributed by atoms with Crippen LogP contribution >= 0.6 is 0 Å². The number of likely N-dealkylation sites (N-methyl/N-ethyl adjacent to an activating group) is 1. The van der Waals surface area contributed by atoms with Crippen LogP contribution in [0.3, 0.4) is 0 Å². The fourth-order valence-corrected chi connectivity index (χ4v) is 2.90. The Hall–Kier alpha value is -1.37. The summed E-state index contributed by atoms with van der Waals surface area (Å²) in [4.78, 5) is 16.5. The van der Waals surface area contributed by atoms with E-state index < -0.39 is 5.43 Å². The molecule has 0 saturated carbocycles. The lowest BCUT2D eigenvalue weighted by Crippen LogP contribution is -2.46. The van der Waals surface area contributed by atoms with Crippen molar-refractivity contribution in [1.82, 2.24) is 14.4 Å². The molecule has 2 N–H and O–H groups in total. The van der Waals surface area contributed by atoms with Gasteiger partial charge in [0.25, 0.3) is 0 Å². The van der Waals surface area contributed by atoms with Crippen molar-refractivity contribution in [3.05, 3.63) is 27.7 Å². The molecule has 0 amide bonds. The van der Waals surface area contributed by atoms with Crippen LogP contribution in [-0.2, 0) is 19.7 Å². The monoisotopic (exact) mass is 295 g/mol. The number of rotatable bonds is 5. The van der Waals surface area contributed by atoms with Gasteiger partial charge in [-0.2, -0.15) is 0 Å². The van der Waals surface area contributed by atoms with E-state index in [0.717, 1.165) is 32.7 Å². The first-order chi connectivity index (χ1) is 10.1. The summed E-state index contributed by atoms with van der Waals surface area (Å²) in [6, 6.07) is 1.32. The fraction of sp³-hybridized carbons (Fsp3) is 0.667. The lowest BCUT2D eigenvalue weighted by Gasteiger charge is -2.34. The Balaban J connectivity index is 2.23. The minimum atomic E-state index is -0.411. The molecule has 1 aromatic rings. The molecule has 6 heteroatoms. The number of hydrogen-bond donors (Lipinski definition) is 2. The Bertz CT molecular complexity index is 534. The fourth-order valence-electron chi connectivity index (χ4n) is 2.90. The minimum absolute atomic E-state index is 0.188. The Morgan fingerprint density at radius 2 is 1.71 bits per heavy atom. The molecule has 1 aromatic heterocycles. The second-order valence-corrected chi connectivity index (χ2v) is 5.41. The summed E-state index contributed by atoms with van der Waals surface area (Å²) in [7, 11) is 0. The maximum Gasteiger partial charge on any atom is 0.223 e. The van der Waals surface area contributed by atoms with Crippen molar-refractivity contribution < 1.29 is 10.2 Å². The van der Waals surface area contributed by atoms with Gasteiger partial charge in [-0.25, -0.2) is 0 Å². The highest BCUT2D eigenvalue weighted by Gasteiger charge is 2.20. The molecule has 0 aliphatic carbocycles. The molecule has 1 aliphatic heterocycles. The van der Waals surface area contributed by atoms with Gasteiger partial charge in [-0.05, 0) is 13.5 Å². The first-order valence-corrected chi connectivity index (χ1v) is 7.60. The van der Waals surface area contributed by atoms with E-state index in [1.54, 1.807) is 0 Å². The Kier molecular flexibility index (Phi) is 5.39. The smallest absolute Gasteiger partial charge is 0.223 e. The molecule has 2 heterocycles. The van der Waals surface area contributed by atoms with Crippen LogP contribution in [0.15, 0.2) is 10.9 Å². The van der Waals surface area contributed by atoms with Crippen LogP contribution < -0.4 is 5.43 Å². The van der Waals surface area contributed by atoms with Crippen LogP contribution in [0.4, 0.5) is 0 Å². The van der Waals surface area contributed by atoms with E-state index in [4.69, 9.17) is 0 Å². The Morgan fingerprint density at radius 1 is 1.10 bits per heavy atom. The molecule has 0 unspecified atom stereocenters. The van der Waals surface area contributed by atoms with Crippen molar-refractivity contribution in [1.29, 1.82) is 0 Å². The lowest BCUT2D eigenvalue weighted by atomic mass is 10.2. The van der Waals surface area contributed by atoms with E-state index in [-0.39, 0.29) is 12.4 Å². The summed E-state index contributed by atoms with van der Waals surface area (Å²) < 4.78 is 1.84. The zero-order chi connectivity index (χ0) is 15.4. The van der Waals surface area contributed by atoms with Gasteiger partial charge in [0.2, 0.25) is 5.43 Å². The molecule has 118 valence electrons. The molecule has 6 nitrogen and oxygen atoms in total. The highest BCUT2D eigenvalue weighted by Crippen LogP contribution is 2.18. The second-order valence-electron chi connectivity index (χ2n) is 5.41. The number of aliphatic hydroxyl groups excluding tert-OH is 1. The zero-order valence-corrected chi connectivity index (χ0v) is 12.9. The predicted octanol–water partition coefficient (Wildman–Crippen LogP) is 0.204. The summed E-state index contributed by atoms with van der Waals surface area (Å²) in [5, 5.41) is 19.5. The van der Waals surface area contributed by atoms with Crippen LogP contribution in [0, 0.1) is 0 Å². The highest BCUT2D eigenvalue weighted by molar-refractivity contribution is 5.30. The molecule has 0 bridgehead atoms. The number of hydrogen-bond acceptors (Lipinski definition) is 5. The van der Waals surface area contributed by atoms with E-state index in [1.165, 1.54) is 6.07 Å². The summed E-state index contributed by atoms with van der Waals surface area (Å²) >= 11 is 0. The number of nitrogens with zero attached hydrogens (tertiary/aromatic N) is 3. The highest BCUT2D eigenvalue weighted by atomic mass is 16.3. The maximum atomic E-state index is 11.8. The summed E-state index contributed by atoms with van der Waals surface area (Å²) in [6.07, 6.45) is 0.